The Kier molecular flexibility index (Phi) is 10.7. The van der Waals surface area contributed by atoms with E-state index >= 15 is 0 Å². The molecule has 4 aromatic carbocycles. The fraction of sp³-hybridized carbons (Fsp3) is 0.257. The second-order valence-electron chi connectivity index (χ2n) is 10.2. The molecule has 0 aromatic heterocycles. The average molecular weight is 578 g/mol. The van der Waals surface area contributed by atoms with Crippen LogP contribution < -0.4 is 0 Å². The van der Waals surface area contributed by atoms with Crippen molar-refractivity contribution in [3.63, 3.8) is 0 Å². The summed E-state index contributed by atoms with van der Waals surface area (Å²) in [5.41, 5.74) is 12.4. The molecular formula is C35H35N3O5. The van der Waals surface area contributed by atoms with Crippen molar-refractivity contribution >= 4 is 0 Å². The van der Waals surface area contributed by atoms with Crippen molar-refractivity contribution in [1.82, 2.24) is 0 Å². The normalized spacial score (nSPS) is 21.3. The van der Waals surface area contributed by atoms with Gasteiger partial charge in [0, 0.05) is 4.91 Å². The van der Waals surface area contributed by atoms with Crippen LogP contribution in [-0.4, -0.2) is 30.8 Å². The molecule has 4 aromatic rings. The van der Waals surface area contributed by atoms with Crippen LogP contribution >= 0.6 is 0 Å². The lowest BCUT2D eigenvalue weighted by molar-refractivity contribution is -0.197. The molecule has 4 atom stereocenters. The van der Waals surface area contributed by atoms with Crippen molar-refractivity contribution < 1.29 is 23.7 Å². The Labute approximate surface area is 252 Å². The number of ether oxygens (including phenoxy) is 5. The van der Waals surface area contributed by atoms with Crippen molar-refractivity contribution in [3.8, 4) is 0 Å². The number of nitrogens with zero attached hydrogens (tertiary/aromatic N) is 3. The lowest BCUT2D eigenvalue weighted by Gasteiger charge is -2.32. The van der Waals surface area contributed by atoms with Crippen LogP contribution in [0.15, 0.2) is 139 Å². The maximum absolute atomic E-state index is 9.79. The molecule has 8 nitrogen and oxygen atoms in total. The zero-order valence-electron chi connectivity index (χ0n) is 23.9. The first kappa shape index (κ1) is 30.2. The predicted molar refractivity (Wildman–Crippen MR) is 163 cm³/mol. The summed E-state index contributed by atoms with van der Waals surface area (Å²) in [5, 5.41) is 4.18. The third-order valence-electron chi connectivity index (χ3n) is 7.15. The third-order valence-corrected chi connectivity index (χ3v) is 7.15. The first-order chi connectivity index (χ1) is 21.2. The van der Waals surface area contributed by atoms with Crippen LogP contribution in [0.3, 0.4) is 0 Å². The summed E-state index contributed by atoms with van der Waals surface area (Å²) in [6, 6.07) is 39.1. The molecule has 1 aliphatic rings. The van der Waals surface area contributed by atoms with Crippen LogP contribution in [0.1, 0.15) is 22.3 Å². The Morgan fingerprint density at radius 1 is 0.674 bits per heavy atom. The highest BCUT2D eigenvalue weighted by molar-refractivity contribution is 5.23. The minimum absolute atomic E-state index is 0.0654. The minimum Gasteiger partial charge on any atom is -0.372 e. The summed E-state index contributed by atoms with van der Waals surface area (Å²) in [5.74, 6) is 0. The molecule has 0 bridgehead atoms. The van der Waals surface area contributed by atoms with Gasteiger partial charge >= 0.3 is 0 Å². The Bertz CT molecular complexity index is 1470. The standard InChI is InChI=1S/C35H35N3O5/c1-27(22-39-23-28-14-6-2-7-15-28)35(37-38-36)33(41-25-30-18-10-4-11-19-30)32(40-24-29-16-8-3-9-17-29)34(43-35)42-26-31-20-12-5-13-21-31/h2-21,32-34H,1,22-26H2. The van der Waals surface area contributed by atoms with E-state index in [9.17, 15) is 5.53 Å². The highest BCUT2D eigenvalue weighted by Gasteiger charge is 2.59. The lowest BCUT2D eigenvalue weighted by atomic mass is 9.97. The van der Waals surface area contributed by atoms with Gasteiger partial charge in [0.05, 0.1) is 33.0 Å². The van der Waals surface area contributed by atoms with Crippen LogP contribution in [0.4, 0.5) is 0 Å². The van der Waals surface area contributed by atoms with Crippen LogP contribution in [-0.2, 0) is 50.1 Å². The number of hydrogen-bond acceptors (Lipinski definition) is 6. The van der Waals surface area contributed by atoms with Gasteiger partial charge in [-0.05, 0) is 33.4 Å². The average Bonchev–Trinajstić information content (AvgIpc) is 3.36. The summed E-state index contributed by atoms with van der Waals surface area (Å²) in [7, 11) is 0. The molecule has 1 saturated heterocycles. The van der Waals surface area contributed by atoms with Gasteiger partial charge in [0.25, 0.3) is 0 Å². The van der Waals surface area contributed by atoms with Crippen molar-refractivity contribution in [2.24, 2.45) is 5.11 Å². The zero-order valence-corrected chi connectivity index (χ0v) is 23.9. The van der Waals surface area contributed by atoms with Crippen LogP contribution in [0.5, 0.6) is 0 Å². The van der Waals surface area contributed by atoms with Gasteiger partial charge in [0.15, 0.2) is 6.29 Å². The Morgan fingerprint density at radius 3 is 1.60 bits per heavy atom. The van der Waals surface area contributed by atoms with Crippen LogP contribution in [0.25, 0.3) is 10.4 Å². The lowest BCUT2D eigenvalue weighted by Crippen LogP contribution is -2.46. The van der Waals surface area contributed by atoms with Gasteiger partial charge < -0.3 is 23.7 Å². The van der Waals surface area contributed by atoms with Crippen molar-refractivity contribution in [2.75, 3.05) is 6.61 Å². The predicted octanol–water partition coefficient (Wildman–Crippen LogP) is 7.51. The van der Waals surface area contributed by atoms with Gasteiger partial charge in [-0.1, -0.05) is 133 Å². The van der Waals surface area contributed by atoms with E-state index in [1.807, 2.05) is 121 Å². The minimum atomic E-state index is -1.65. The van der Waals surface area contributed by atoms with E-state index in [0.717, 1.165) is 22.3 Å². The molecule has 220 valence electrons. The Hall–Kier alpha value is -4.27. The van der Waals surface area contributed by atoms with Gasteiger partial charge in [-0.25, -0.2) is 0 Å². The molecule has 0 spiro atoms. The molecular weight excluding hydrogens is 542 g/mol. The van der Waals surface area contributed by atoms with E-state index in [1.165, 1.54) is 0 Å². The molecule has 1 heterocycles. The Balaban J connectivity index is 1.44. The smallest absolute Gasteiger partial charge is 0.201 e. The van der Waals surface area contributed by atoms with Crippen molar-refractivity contribution in [2.45, 2.75) is 50.7 Å². The molecule has 0 amide bonds. The fourth-order valence-corrected chi connectivity index (χ4v) is 4.93. The van der Waals surface area contributed by atoms with Crippen LogP contribution in [0, 0.1) is 0 Å². The first-order valence-electron chi connectivity index (χ1n) is 14.2. The number of hydrogen-bond donors (Lipinski definition) is 0. The maximum Gasteiger partial charge on any atom is 0.201 e. The summed E-state index contributed by atoms with van der Waals surface area (Å²) >= 11 is 0. The van der Waals surface area contributed by atoms with Gasteiger partial charge in [0.2, 0.25) is 5.72 Å². The van der Waals surface area contributed by atoms with Gasteiger partial charge in [-0.2, -0.15) is 0 Å². The Morgan fingerprint density at radius 2 is 1.12 bits per heavy atom. The second-order valence-corrected chi connectivity index (χ2v) is 10.2. The van der Waals surface area contributed by atoms with Gasteiger partial charge in [0.1, 0.15) is 12.2 Å². The number of rotatable bonds is 15. The quantitative estimate of drug-likeness (QED) is 0.0631. The summed E-state index contributed by atoms with van der Waals surface area (Å²) in [4.78, 5) is 3.18. The molecule has 4 unspecified atom stereocenters. The van der Waals surface area contributed by atoms with Gasteiger partial charge in [-0.15, -0.1) is 0 Å². The monoisotopic (exact) mass is 577 g/mol. The summed E-state index contributed by atoms with van der Waals surface area (Å²) < 4.78 is 31.8. The molecule has 1 aliphatic heterocycles. The third kappa shape index (κ3) is 7.97. The van der Waals surface area contributed by atoms with Gasteiger partial charge in [-0.3, -0.25) is 0 Å². The number of azide groups is 1. The molecule has 0 radical (unpaired) electrons. The molecule has 1 fully saturated rings. The van der Waals surface area contributed by atoms with E-state index in [1.54, 1.807) is 0 Å². The highest BCUT2D eigenvalue weighted by Crippen LogP contribution is 2.43. The van der Waals surface area contributed by atoms with E-state index in [-0.39, 0.29) is 26.4 Å². The number of benzene rings is 4. The van der Waals surface area contributed by atoms with E-state index in [2.05, 4.69) is 16.6 Å². The first-order valence-corrected chi connectivity index (χ1v) is 14.2. The topological polar surface area (TPSA) is 94.9 Å². The molecule has 8 heteroatoms. The molecule has 43 heavy (non-hydrogen) atoms. The molecule has 0 N–H and O–H groups in total. The van der Waals surface area contributed by atoms with E-state index < -0.39 is 24.2 Å². The molecule has 0 aliphatic carbocycles. The zero-order chi connectivity index (χ0) is 29.7. The fourth-order valence-electron chi connectivity index (χ4n) is 4.93. The SMILES string of the molecule is C=C(COCc1ccccc1)C1(N=[N+]=[N-])OC(OCc2ccccc2)C(OCc2ccccc2)C1OCc1ccccc1. The molecule has 5 rings (SSSR count). The second kappa shape index (κ2) is 15.3. The molecule has 0 saturated carbocycles. The van der Waals surface area contributed by atoms with Crippen LogP contribution in [0.2, 0.25) is 0 Å². The van der Waals surface area contributed by atoms with Crippen molar-refractivity contribution in [1.29, 1.82) is 0 Å². The highest BCUT2D eigenvalue weighted by atomic mass is 16.7. The van der Waals surface area contributed by atoms with Crippen molar-refractivity contribution in [3.05, 3.63) is 166 Å². The summed E-state index contributed by atoms with van der Waals surface area (Å²) in [6.45, 7) is 5.44. The summed E-state index contributed by atoms with van der Waals surface area (Å²) in [6.07, 6.45) is -2.58. The van der Waals surface area contributed by atoms with E-state index in [0.29, 0.717) is 12.2 Å². The van der Waals surface area contributed by atoms with E-state index in [4.69, 9.17) is 23.7 Å². The maximum atomic E-state index is 9.79. The largest absolute Gasteiger partial charge is 0.372 e.